The fourth-order valence-electron chi connectivity index (χ4n) is 6.98. The predicted octanol–water partition coefficient (Wildman–Crippen LogP) is 5.24. The van der Waals surface area contributed by atoms with E-state index in [1.165, 1.54) is 12.1 Å². The van der Waals surface area contributed by atoms with E-state index in [0.29, 0.717) is 43.4 Å². The van der Waals surface area contributed by atoms with E-state index in [1.807, 2.05) is 0 Å². The number of fused-ring (bicyclic) bond motifs is 2. The zero-order chi connectivity index (χ0) is 26.7. The molecule has 0 radical (unpaired) electrons. The third-order valence-corrected chi connectivity index (χ3v) is 8.25. The summed E-state index contributed by atoms with van der Waals surface area (Å²) >= 11 is 0. The summed E-state index contributed by atoms with van der Waals surface area (Å²) in [5.74, 6) is -2.75. The molecule has 9 nitrogen and oxygen atoms in total. The van der Waals surface area contributed by atoms with E-state index in [1.54, 1.807) is 13.8 Å². The largest absolute Gasteiger partial charge is 0.507 e. The number of phenolic OH excluding ortho intramolecular Hbond substituents is 6. The summed E-state index contributed by atoms with van der Waals surface area (Å²) in [6, 6.07) is 4.77. The highest BCUT2D eigenvalue weighted by Crippen LogP contribution is 2.60. The molecule has 0 unspecified atom stereocenters. The van der Waals surface area contributed by atoms with Crippen LogP contribution in [0.1, 0.15) is 11.1 Å². The molecule has 0 aliphatic heterocycles. The molecule has 0 aliphatic rings. The molecule has 192 valence electrons. The van der Waals surface area contributed by atoms with Crippen LogP contribution >= 0.6 is 0 Å². The monoisotopic (exact) mass is 521 g/mol. The van der Waals surface area contributed by atoms with Gasteiger partial charge in [-0.05, 0) is 47.9 Å². The van der Waals surface area contributed by atoms with Crippen molar-refractivity contribution >= 4 is 75.4 Å². The number of phenols is 6. The molecule has 0 fully saturated rings. The van der Waals surface area contributed by atoms with Crippen molar-refractivity contribution in [1.29, 1.82) is 0 Å². The van der Waals surface area contributed by atoms with Gasteiger partial charge in [-0.3, -0.25) is 9.59 Å². The number of hydrogen-bond donors (Lipinski definition) is 7. The lowest BCUT2D eigenvalue weighted by Gasteiger charge is -2.25. The van der Waals surface area contributed by atoms with E-state index >= 15 is 0 Å². The van der Waals surface area contributed by atoms with Gasteiger partial charge in [0.25, 0.3) is 0 Å². The van der Waals surface area contributed by atoms with Crippen LogP contribution in [0.25, 0.3) is 75.4 Å². The lowest BCUT2D eigenvalue weighted by Crippen LogP contribution is -2.08. The van der Waals surface area contributed by atoms with Gasteiger partial charge in [0.05, 0.1) is 21.5 Å². The van der Waals surface area contributed by atoms with E-state index in [2.05, 4.69) is 0 Å². The van der Waals surface area contributed by atoms with Crippen LogP contribution in [0, 0.1) is 13.8 Å². The summed E-state index contributed by atoms with van der Waals surface area (Å²) in [4.78, 5) is 26.7. The number of hydrogen-bond acceptors (Lipinski definition) is 9. The molecule has 0 bridgehead atoms. The molecular weight excluding hydrogens is 502 g/mol. The molecule has 9 heteroatoms. The minimum atomic E-state index is -0.483. The average Bonchev–Trinajstić information content (AvgIpc) is 2.82. The van der Waals surface area contributed by atoms with Gasteiger partial charge in [0.1, 0.15) is 34.5 Å². The molecular formula is C30H19NO8. The minimum Gasteiger partial charge on any atom is -0.507 e. The second-order valence-corrected chi connectivity index (χ2v) is 10.2. The lowest BCUT2D eigenvalue weighted by atomic mass is 9.78. The van der Waals surface area contributed by atoms with Crippen LogP contribution in [0.5, 0.6) is 34.5 Å². The highest BCUT2D eigenvalue weighted by atomic mass is 16.3. The topological polar surface area (TPSA) is 191 Å². The van der Waals surface area contributed by atoms with Crippen molar-refractivity contribution in [3.63, 3.8) is 0 Å². The van der Waals surface area contributed by atoms with E-state index in [4.69, 9.17) is 0 Å². The van der Waals surface area contributed by atoms with Gasteiger partial charge in [-0.2, -0.15) is 0 Å². The second-order valence-electron chi connectivity index (χ2n) is 10.2. The highest BCUT2D eigenvalue weighted by molar-refractivity contribution is 6.51. The second kappa shape index (κ2) is 6.58. The average molecular weight is 521 g/mol. The van der Waals surface area contributed by atoms with Gasteiger partial charge < -0.3 is 36.8 Å². The zero-order valence-corrected chi connectivity index (χ0v) is 20.5. The summed E-state index contributed by atoms with van der Waals surface area (Å²) in [5.41, 5.74) is 0.175. The van der Waals surface area contributed by atoms with E-state index in [-0.39, 0.29) is 49.2 Å². The number of aryl methyl sites for hydroxylation is 2. The number of benzene rings is 8. The lowest BCUT2D eigenvalue weighted by molar-refractivity contribution is 0.450. The van der Waals surface area contributed by atoms with Crippen molar-refractivity contribution in [1.82, 2.24) is 6.15 Å². The van der Waals surface area contributed by atoms with Gasteiger partial charge in [0.15, 0.2) is 10.9 Å². The van der Waals surface area contributed by atoms with E-state index in [9.17, 15) is 40.2 Å². The van der Waals surface area contributed by atoms with Crippen molar-refractivity contribution in [2.45, 2.75) is 13.8 Å². The predicted molar refractivity (Wildman–Crippen MR) is 151 cm³/mol. The van der Waals surface area contributed by atoms with Crippen LogP contribution in [0.15, 0.2) is 33.9 Å². The molecule has 0 aliphatic carbocycles. The van der Waals surface area contributed by atoms with Gasteiger partial charge >= 0.3 is 0 Å². The fraction of sp³-hybridized carbons (Fsp3) is 0.0667. The molecule has 0 atom stereocenters. The Morgan fingerprint density at radius 2 is 0.667 bits per heavy atom. The zero-order valence-electron chi connectivity index (χ0n) is 20.5. The van der Waals surface area contributed by atoms with Crippen LogP contribution < -0.4 is 17.0 Å². The third kappa shape index (κ3) is 2.19. The number of aromatic hydroxyl groups is 6. The van der Waals surface area contributed by atoms with Crippen molar-refractivity contribution < 1.29 is 30.6 Å². The van der Waals surface area contributed by atoms with Gasteiger partial charge in [0.2, 0.25) is 0 Å². The minimum absolute atomic E-state index is 0. The molecule has 39 heavy (non-hydrogen) atoms. The molecule has 0 spiro atoms. The fourth-order valence-corrected chi connectivity index (χ4v) is 6.98. The normalized spacial score (nSPS) is 12.5. The smallest absolute Gasteiger partial charge is 0.190 e. The van der Waals surface area contributed by atoms with Gasteiger partial charge in [-0.1, -0.05) is 0 Å². The standard InChI is InChI=1S/C30H16O8.H3N/c1-7-3-9(31)19-23-15(7)16-8(2)4-10(32)20-24(16)28-26-18(12(34)6-14(36)22(26)30(20)38)17-11(33)5-13(35)21(29(19)37)25(17)27(23)28;/h3-6,33-38H,1-2H3;1H3. The molecule has 0 heterocycles. The maximum Gasteiger partial charge on any atom is 0.190 e. The maximum atomic E-state index is 13.4. The molecule has 0 amide bonds. The molecule has 0 saturated carbocycles. The molecule has 0 saturated heterocycles. The first kappa shape index (κ1) is 22.9. The van der Waals surface area contributed by atoms with Crippen LogP contribution in [0.4, 0.5) is 0 Å². The molecule has 0 aromatic heterocycles. The Bertz CT molecular complexity index is 2340. The molecule has 9 N–H and O–H groups in total. The Balaban J connectivity index is 0.00000253. The summed E-state index contributed by atoms with van der Waals surface area (Å²) in [5, 5.41) is 69.6. The van der Waals surface area contributed by atoms with E-state index < -0.39 is 45.4 Å². The Morgan fingerprint density at radius 3 is 1.03 bits per heavy atom. The molecule has 8 aromatic carbocycles. The van der Waals surface area contributed by atoms with Crippen LogP contribution in [0.3, 0.4) is 0 Å². The van der Waals surface area contributed by atoms with Crippen LogP contribution in [0.2, 0.25) is 0 Å². The quantitative estimate of drug-likeness (QED) is 0.103. The first-order valence-electron chi connectivity index (χ1n) is 11.8. The summed E-state index contributed by atoms with van der Waals surface area (Å²) in [6.45, 7) is 3.47. The summed E-state index contributed by atoms with van der Waals surface area (Å²) in [6.07, 6.45) is 0. The van der Waals surface area contributed by atoms with Crippen LogP contribution in [-0.4, -0.2) is 30.6 Å². The number of rotatable bonds is 0. The Hall–Kier alpha value is -5.28. The Morgan fingerprint density at radius 1 is 0.385 bits per heavy atom. The SMILES string of the molecule is Cc1cc(=O)c2c(O)c3c(O)cc(O)c4c5c(O)cc(O)c6c(O)c7c(=O)cc(C)c8c1c2c(c34)c(c65)c78.N. The summed E-state index contributed by atoms with van der Waals surface area (Å²) in [7, 11) is 0. The van der Waals surface area contributed by atoms with Crippen molar-refractivity contribution in [2.75, 3.05) is 0 Å². The van der Waals surface area contributed by atoms with Gasteiger partial charge in [0, 0.05) is 55.2 Å². The van der Waals surface area contributed by atoms with Gasteiger partial charge in [-0.25, -0.2) is 0 Å². The third-order valence-electron chi connectivity index (χ3n) is 8.25. The highest BCUT2D eigenvalue weighted by Gasteiger charge is 2.33. The summed E-state index contributed by atoms with van der Waals surface area (Å²) < 4.78 is 0. The Kier molecular flexibility index (Phi) is 3.86. The Labute approximate surface area is 216 Å². The first-order chi connectivity index (χ1) is 18.0. The maximum absolute atomic E-state index is 13.4. The molecule has 8 rings (SSSR count). The first-order valence-corrected chi connectivity index (χ1v) is 11.8. The van der Waals surface area contributed by atoms with Crippen LogP contribution in [-0.2, 0) is 0 Å². The van der Waals surface area contributed by atoms with Crippen molar-refractivity contribution in [3.8, 4) is 34.5 Å². The van der Waals surface area contributed by atoms with Gasteiger partial charge in [-0.15, -0.1) is 0 Å². The van der Waals surface area contributed by atoms with E-state index in [0.717, 1.165) is 12.1 Å². The molecule has 8 aromatic rings. The van der Waals surface area contributed by atoms with Crippen molar-refractivity contribution in [3.05, 3.63) is 55.8 Å². The van der Waals surface area contributed by atoms with Crippen molar-refractivity contribution in [2.24, 2.45) is 0 Å².